The molecule has 0 bridgehead atoms. The van der Waals surface area contributed by atoms with Crippen molar-refractivity contribution in [2.75, 3.05) is 37.7 Å². The average Bonchev–Trinajstić information content (AvgIpc) is 2.52. The molecule has 2 rings (SSSR count). The highest BCUT2D eigenvalue weighted by molar-refractivity contribution is 5.74. The zero-order valence-electron chi connectivity index (χ0n) is 13.0. The summed E-state index contributed by atoms with van der Waals surface area (Å²) < 4.78 is 40.3. The number of alkyl halides is 3. The number of hydrogen-bond acceptors (Lipinski definition) is 5. The van der Waals surface area contributed by atoms with E-state index in [1.165, 1.54) is 12.1 Å². The first-order chi connectivity index (χ1) is 11.3. The number of aliphatic hydroxyl groups excluding tert-OH is 1. The molecule has 1 saturated heterocycles. The van der Waals surface area contributed by atoms with Gasteiger partial charge in [-0.2, -0.15) is 0 Å². The van der Waals surface area contributed by atoms with Crippen LogP contribution in [0.4, 0.5) is 18.9 Å². The second-order valence-corrected chi connectivity index (χ2v) is 5.57. The molecule has 1 aromatic rings. The van der Waals surface area contributed by atoms with Crippen LogP contribution in [-0.2, 0) is 4.79 Å². The topological polar surface area (TPSA) is 79.0 Å². The molecule has 1 aliphatic heterocycles. The summed E-state index contributed by atoms with van der Waals surface area (Å²) in [5, 5.41) is 9.36. The Labute approximate surface area is 137 Å². The van der Waals surface area contributed by atoms with Gasteiger partial charge >= 0.3 is 6.36 Å². The van der Waals surface area contributed by atoms with Crippen LogP contribution < -0.4 is 15.4 Å². The van der Waals surface area contributed by atoms with E-state index in [0.717, 1.165) is 5.69 Å². The van der Waals surface area contributed by atoms with E-state index in [2.05, 4.69) is 4.74 Å². The highest BCUT2D eigenvalue weighted by Crippen LogP contribution is 2.26. The smallest absolute Gasteiger partial charge is 0.406 e. The lowest BCUT2D eigenvalue weighted by atomic mass is 10.1. The van der Waals surface area contributed by atoms with Crippen molar-refractivity contribution in [3.63, 3.8) is 0 Å². The number of piperazine rings is 1. The standard InChI is InChI=1S/C15H20F3N3O3/c16-15(17,18)24-13-3-1-11(2-4-13)20-5-7-21(8-6-20)12(10-22)9-14(19)23/h1-4,12,22H,5-10H2,(H2,19,23). The predicted molar refractivity (Wildman–Crippen MR) is 81.6 cm³/mol. The first kappa shape index (κ1) is 18.3. The minimum atomic E-state index is -4.70. The SMILES string of the molecule is NC(=O)CC(CO)N1CCN(c2ccc(OC(F)(F)F)cc2)CC1. The van der Waals surface area contributed by atoms with Gasteiger partial charge in [0.15, 0.2) is 0 Å². The number of anilines is 1. The van der Waals surface area contributed by atoms with E-state index in [0.29, 0.717) is 26.2 Å². The normalized spacial score (nSPS) is 17.6. The molecule has 9 heteroatoms. The molecule has 3 N–H and O–H groups in total. The minimum Gasteiger partial charge on any atom is -0.406 e. The van der Waals surface area contributed by atoms with Crippen LogP contribution >= 0.6 is 0 Å². The maximum atomic E-state index is 12.1. The van der Waals surface area contributed by atoms with Crippen LogP contribution in [0.25, 0.3) is 0 Å². The van der Waals surface area contributed by atoms with Gasteiger partial charge in [-0.05, 0) is 24.3 Å². The first-order valence-electron chi connectivity index (χ1n) is 7.52. The monoisotopic (exact) mass is 347 g/mol. The largest absolute Gasteiger partial charge is 0.573 e. The van der Waals surface area contributed by atoms with Gasteiger partial charge in [0.1, 0.15) is 5.75 Å². The van der Waals surface area contributed by atoms with E-state index in [1.54, 1.807) is 12.1 Å². The molecule has 0 saturated carbocycles. The van der Waals surface area contributed by atoms with Gasteiger partial charge in [-0.3, -0.25) is 9.69 Å². The third-order valence-corrected chi connectivity index (χ3v) is 3.91. The van der Waals surface area contributed by atoms with Crippen molar-refractivity contribution in [3.05, 3.63) is 24.3 Å². The summed E-state index contributed by atoms with van der Waals surface area (Å²) in [6, 6.07) is 5.40. The molecule has 1 aromatic carbocycles. The highest BCUT2D eigenvalue weighted by atomic mass is 19.4. The van der Waals surface area contributed by atoms with Crippen LogP contribution in [0.5, 0.6) is 5.75 Å². The summed E-state index contributed by atoms with van der Waals surface area (Å²) in [5.74, 6) is -0.719. The van der Waals surface area contributed by atoms with Crippen molar-refractivity contribution in [1.29, 1.82) is 0 Å². The third-order valence-electron chi connectivity index (χ3n) is 3.91. The Morgan fingerprint density at radius 1 is 1.21 bits per heavy atom. The van der Waals surface area contributed by atoms with Gasteiger partial charge in [-0.1, -0.05) is 0 Å². The number of primary amides is 1. The Balaban J connectivity index is 1.91. The summed E-state index contributed by atoms with van der Waals surface area (Å²) >= 11 is 0. The third kappa shape index (κ3) is 5.27. The minimum absolute atomic E-state index is 0.0972. The van der Waals surface area contributed by atoms with E-state index >= 15 is 0 Å². The number of nitrogens with two attached hydrogens (primary N) is 1. The number of benzene rings is 1. The summed E-state index contributed by atoms with van der Waals surface area (Å²) in [4.78, 5) is 15.0. The fourth-order valence-electron chi connectivity index (χ4n) is 2.75. The summed E-state index contributed by atoms with van der Waals surface area (Å²) in [6.45, 7) is 2.37. The number of amides is 1. The molecule has 1 aliphatic rings. The molecule has 1 heterocycles. The quantitative estimate of drug-likeness (QED) is 0.801. The average molecular weight is 347 g/mol. The molecule has 1 atom stereocenters. The number of aliphatic hydroxyl groups is 1. The van der Waals surface area contributed by atoms with Gasteiger partial charge in [0.25, 0.3) is 0 Å². The molecule has 24 heavy (non-hydrogen) atoms. The van der Waals surface area contributed by atoms with Crippen LogP contribution in [-0.4, -0.2) is 61.1 Å². The lowest BCUT2D eigenvalue weighted by Gasteiger charge is -2.39. The van der Waals surface area contributed by atoms with Crippen LogP contribution in [0.2, 0.25) is 0 Å². The summed E-state index contributed by atoms with van der Waals surface area (Å²) in [6.07, 6.45) is -4.60. The van der Waals surface area contributed by atoms with E-state index in [1.807, 2.05) is 9.80 Å². The lowest BCUT2D eigenvalue weighted by Crippen LogP contribution is -2.52. The van der Waals surface area contributed by atoms with Gasteiger partial charge in [0.2, 0.25) is 5.91 Å². The van der Waals surface area contributed by atoms with Gasteiger partial charge < -0.3 is 20.5 Å². The maximum absolute atomic E-state index is 12.1. The zero-order chi connectivity index (χ0) is 17.7. The lowest BCUT2D eigenvalue weighted by molar-refractivity contribution is -0.274. The zero-order valence-corrected chi connectivity index (χ0v) is 13.0. The van der Waals surface area contributed by atoms with E-state index < -0.39 is 12.3 Å². The molecule has 1 amide bonds. The van der Waals surface area contributed by atoms with E-state index in [9.17, 15) is 23.1 Å². The van der Waals surface area contributed by atoms with Gasteiger partial charge in [0, 0.05) is 44.3 Å². The van der Waals surface area contributed by atoms with Crippen molar-refractivity contribution in [2.24, 2.45) is 5.73 Å². The number of carbonyl (C=O) groups is 1. The number of nitrogens with zero attached hydrogens (tertiary/aromatic N) is 2. The predicted octanol–water partition coefficient (Wildman–Crippen LogP) is 0.943. The Morgan fingerprint density at radius 3 is 2.25 bits per heavy atom. The molecule has 1 fully saturated rings. The summed E-state index contributed by atoms with van der Waals surface area (Å²) in [7, 11) is 0. The van der Waals surface area contributed by atoms with Crippen LogP contribution in [0.3, 0.4) is 0 Å². The summed E-state index contributed by atoms with van der Waals surface area (Å²) in [5.41, 5.74) is 5.96. The van der Waals surface area contributed by atoms with Gasteiger partial charge in [0.05, 0.1) is 6.61 Å². The van der Waals surface area contributed by atoms with Crippen molar-refractivity contribution >= 4 is 11.6 Å². The molecule has 0 radical (unpaired) electrons. The van der Waals surface area contributed by atoms with Crippen LogP contribution in [0, 0.1) is 0 Å². The Kier molecular flexibility index (Phi) is 5.89. The van der Waals surface area contributed by atoms with Crippen molar-refractivity contribution in [2.45, 2.75) is 18.8 Å². The van der Waals surface area contributed by atoms with E-state index in [4.69, 9.17) is 5.73 Å². The molecule has 0 aromatic heterocycles. The van der Waals surface area contributed by atoms with Crippen LogP contribution in [0.15, 0.2) is 24.3 Å². The number of ether oxygens (including phenoxy) is 1. The molecular weight excluding hydrogens is 327 g/mol. The van der Waals surface area contributed by atoms with Gasteiger partial charge in [-0.25, -0.2) is 0 Å². The first-order valence-corrected chi connectivity index (χ1v) is 7.52. The van der Waals surface area contributed by atoms with Crippen molar-refractivity contribution in [3.8, 4) is 5.75 Å². The fourth-order valence-corrected chi connectivity index (χ4v) is 2.75. The number of carbonyl (C=O) groups excluding carboxylic acids is 1. The number of hydrogen-bond donors (Lipinski definition) is 2. The van der Waals surface area contributed by atoms with Crippen LogP contribution in [0.1, 0.15) is 6.42 Å². The molecule has 0 aliphatic carbocycles. The Morgan fingerprint density at radius 2 is 1.79 bits per heavy atom. The number of rotatable bonds is 6. The van der Waals surface area contributed by atoms with Gasteiger partial charge in [-0.15, -0.1) is 13.2 Å². The molecule has 0 spiro atoms. The number of halogens is 3. The molecular formula is C15H20F3N3O3. The Bertz CT molecular complexity index is 543. The molecule has 6 nitrogen and oxygen atoms in total. The van der Waals surface area contributed by atoms with Crippen molar-refractivity contribution < 1.29 is 27.8 Å². The second-order valence-electron chi connectivity index (χ2n) is 5.57. The highest BCUT2D eigenvalue weighted by Gasteiger charge is 2.31. The maximum Gasteiger partial charge on any atom is 0.573 e. The second kappa shape index (κ2) is 7.71. The molecule has 1 unspecified atom stereocenters. The Hall–Kier alpha value is -2.00. The van der Waals surface area contributed by atoms with E-state index in [-0.39, 0.29) is 24.8 Å². The molecule has 134 valence electrons. The fraction of sp³-hybridized carbons (Fsp3) is 0.533. The van der Waals surface area contributed by atoms with Crippen molar-refractivity contribution in [1.82, 2.24) is 4.90 Å².